The van der Waals surface area contributed by atoms with Crippen LogP contribution in [0.15, 0.2) is 48.9 Å². The fourth-order valence-corrected chi connectivity index (χ4v) is 3.66. The molecule has 0 aliphatic carbocycles. The first-order chi connectivity index (χ1) is 15.7. The maximum Gasteiger partial charge on any atom is 0.287 e. The summed E-state index contributed by atoms with van der Waals surface area (Å²) in [6.45, 7) is 2.89. The summed E-state index contributed by atoms with van der Waals surface area (Å²) >= 11 is 12.4. The molecular formula is C22H23Cl2N5O4. The monoisotopic (exact) mass is 491 g/mol. The van der Waals surface area contributed by atoms with E-state index in [1.165, 1.54) is 12.3 Å². The van der Waals surface area contributed by atoms with E-state index in [0.717, 1.165) is 0 Å². The van der Waals surface area contributed by atoms with Crippen LogP contribution in [0.4, 0.5) is 11.5 Å². The average Bonchev–Trinajstić information content (AvgIpc) is 3.19. The van der Waals surface area contributed by atoms with Crippen molar-refractivity contribution in [3.8, 4) is 11.1 Å². The molecule has 0 saturated heterocycles. The predicted molar refractivity (Wildman–Crippen MR) is 128 cm³/mol. The number of rotatable bonds is 10. The molecule has 2 heterocycles. The van der Waals surface area contributed by atoms with Crippen LogP contribution in [0.2, 0.25) is 10.0 Å². The molecule has 9 nitrogen and oxygen atoms in total. The molecule has 0 radical (unpaired) electrons. The minimum atomic E-state index is -0.669. The number of hydrogen-bond acceptors (Lipinski definition) is 6. The van der Waals surface area contributed by atoms with Gasteiger partial charge in [0.15, 0.2) is 0 Å². The normalized spacial score (nSPS) is 11.8. The molecule has 0 saturated carbocycles. The summed E-state index contributed by atoms with van der Waals surface area (Å²) in [5.41, 5.74) is 1.70. The molecule has 11 heteroatoms. The number of aliphatic hydroxyl groups is 1. The van der Waals surface area contributed by atoms with E-state index >= 15 is 0 Å². The SMILES string of the molecule is C[C@@H](O)CNC(=O)c1cn(CCCNc2ccc([N+](=O)[O-])cn2)cc1-c1ccc(Cl)cc1Cl. The van der Waals surface area contributed by atoms with Crippen molar-refractivity contribution < 1.29 is 14.8 Å². The van der Waals surface area contributed by atoms with Gasteiger partial charge in [-0.1, -0.05) is 29.3 Å². The van der Waals surface area contributed by atoms with Crippen LogP contribution in [-0.4, -0.2) is 44.7 Å². The van der Waals surface area contributed by atoms with Gasteiger partial charge in [-0.2, -0.15) is 0 Å². The van der Waals surface area contributed by atoms with E-state index in [1.807, 2.05) is 10.8 Å². The third-order valence-corrected chi connectivity index (χ3v) is 5.31. The van der Waals surface area contributed by atoms with Gasteiger partial charge < -0.3 is 20.3 Å². The second kappa shape index (κ2) is 11.1. The van der Waals surface area contributed by atoms with Crippen molar-refractivity contribution in [2.45, 2.75) is 26.0 Å². The molecule has 1 atom stereocenters. The number of nitro groups is 1. The standard InChI is InChI=1S/C22H23Cl2N5O4/c1-14(30)10-27-22(31)19-13-28(12-18(19)17-5-3-15(23)9-20(17)24)8-2-7-25-21-6-4-16(11-26-21)29(32)33/h3-6,9,11-14,30H,2,7-8,10H2,1H3,(H,25,26)(H,27,31)/t14-/m1/s1. The molecule has 0 fully saturated rings. The number of nitrogens with zero attached hydrogens (tertiary/aromatic N) is 3. The minimum absolute atomic E-state index is 0.0670. The highest BCUT2D eigenvalue weighted by molar-refractivity contribution is 6.36. The lowest BCUT2D eigenvalue weighted by Gasteiger charge is -2.09. The second-order valence-corrected chi connectivity index (χ2v) is 8.29. The van der Waals surface area contributed by atoms with E-state index in [4.69, 9.17) is 23.2 Å². The van der Waals surface area contributed by atoms with Crippen LogP contribution < -0.4 is 10.6 Å². The number of halogens is 2. The number of aliphatic hydroxyl groups excluding tert-OH is 1. The van der Waals surface area contributed by atoms with Gasteiger partial charge >= 0.3 is 0 Å². The molecule has 0 unspecified atom stereocenters. The van der Waals surface area contributed by atoms with Gasteiger partial charge in [0.2, 0.25) is 0 Å². The number of aromatic nitrogens is 2. The summed E-state index contributed by atoms with van der Waals surface area (Å²) in [4.78, 5) is 27.0. The van der Waals surface area contributed by atoms with Crippen LogP contribution in [0.3, 0.4) is 0 Å². The third-order valence-electron chi connectivity index (χ3n) is 4.76. The number of benzene rings is 1. The van der Waals surface area contributed by atoms with Crippen molar-refractivity contribution in [3.63, 3.8) is 0 Å². The zero-order valence-corrected chi connectivity index (χ0v) is 19.3. The molecule has 3 N–H and O–H groups in total. The first-order valence-corrected chi connectivity index (χ1v) is 11.0. The molecule has 2 aromatic heterocycles. The zero-order chi connectivity index (χ0) is 24.0. The maximum atomic E-state index is 12.8. The fraction of sp³-hybridized carbons (Fsp3) is 0.273. The molecule has 0 bridgehead atoms. The Balaban J connectivity index is 1.71. The summed E-state index contributed by atoms with van der Waals surface area (Å²) < 4.78 is 1.89. The zero-order valence-electron chi connectivity index (χ0n) is 17.8. The van der Waals surface area contributed by atoms with Crippen LogP contribution >= 0.6 is 23.2 Å². The number of carbonyl (C=O) groups is 1. The molecule has 174 valence electrons. The molecule has 33 heavy (non-hydrogen) atoms. The van der Waals surface area contributed by atoms with Gasteiger partial charge in [0, 0.05) is 59.3 Å². The van der Waals surface area contributed by atoms with E-state index < -0.39 is 11.0 Å². The largest absolute Gasteiger partial charge is 0.392 e. The highest BCUT2D eigenvalue weighted by Crippen LogP contribution is 2.33. The Labute approximate surface area is 200 Å². The highest BCUT2D eigenvalue weighted by atomic mass is 35.5. The van der Waals surface area contributed by atoms with Crippen LogP contribution in [0, 0.1) is 10.1 Å². The van der Waals surface area contributed by atoms with E-state index in [-0.39, 0.29) is 18.1 Å². The molecule has 0 aliphatic heterocycles. The van der Waals surface area contributed by atoms with Gasteiger partial charge in [-0.15, -0.1) is 0 Å². The van der Waals surface area contributed by atoms with Crippen LogP contribution in [-0.2, 0) is 6.54 Å². The van der Waals surface area contributed by atoms with Crippen molar-refractivity contribution in [1.29, 1.82) is 0 Å². The van der Waals surface area contributed by atoms with Gasteiger partial charge in [-0.25, -0.2) is 4.98 Å². The smallest absolute Gasteiger partial charge is 0.287 e. The summed E-state index contributed by atoms with van der Waals surface area (Å²) in [7, 11) is 0. The lowest BCUT2D eigenvalue weighted by Crippen LogP contribution is -2.30. The summed E-state index contributed by atoms with van der Waals surface area (Å²) in [5, 5.41) is 27.0. The maximum absolute atomic E-state index is 12.8. The Kier molecular flexibility index (Phi) is 8.26. The number of anilines is 1. The molecule has 3 aromatic rings. The lowest BCUT2D eigenvalue weighted by atomic mass is 10.0. The quantitative estimate of drug-likeness (QED) is 0.219. The van der Waals surface area contributed by atoms with Crippen molar-refractivity contribution in [2.75, 3.05) is 18.4 Å². The fourth-order valence-electron chi connectivity index (χ4n) is 3.15. The van der Waals surface area contributed by atoms with Gasteiger partial charge in [-0.05, 0) is 31.5 Å². The first-order valence-electron chi connectivity index (χ1n) is 10.2. The van der Waals surface area contributed by atoms with Crippen molar-refractivity contribution in [3.05, 3.63) is 74.6 Å². The van der Waals surface area contributed by atoms with E-state index in [1.54, 1.807) is 37.4 Å². The Morgan fingerprint density at radius 1 is 1.24 bits per heavy atom. The Morgan fingerprint density at radius 2 is 2.03 bits per heavy atom. The molecule has 0 aliphatic rings. The van der Waals surface area contributed by atoms with Gasteiger partial charge in [0.1, 0.15) is 12.0 Å². The Hall–Kier alpha value is -3.14. The number of aryl methyl sites for hydroxylation is 1. The summed E-state index contributed by atoms with van der Waals surface area (Å²) in [6, 6.07) is 8.03. The van der Waals surface area contributed by atoms with Gasteiger partial charge in [0.25, 0.3) is 11.6 Å². The number of pyridine rings is 1. The highest BCUT2D eigenvalue weighted by Gasteiger charge is 2.18. The first kappa shape index (κ1) is 24.5. The van der Waals surface area contributed by atoms with Crippen LogP contribution in [0.25, 0.3) is 11.1 Å². The number of nitrogens with one attached hydrogen (secondary N) is 2. The minimum Gasteiger partial charge on any atom is -0.392 e. The summed E-state index contributed by atoms with van der Waals surface area (Å²) in [5.74, 6) is 0.226. The van der Waals surface area contributed by atoms with Crippen LogP contribution in [0.1, 0.15) is 23.7 Å². The molecule has 1 amide bonds. The van der Waals surface area contributed by atoms with Crippen molar-refractivity contribution in [1.82, 2.24) is 14.9 Å². The van der Waals surface area contributed by atoms with Crippen LogP contribution in [0.5, 0.6) is 0 Å². The van der Waals surface area contributed by atoms with E-state index in [2.05, 4.69) is 15.6 Å². The molecule has 3 rings (SSSR count). The average molecular weight is 492 g/mol. The lowest BCUT2D eigenvalue weighted by molar-refractivity contribution is -0.385. The summed E-state index contributed by atoms with van der Waals surface area (Å²) in [6.07, 6.45) is 4.82. The number of amides is 1. The van der Waals surface area contributed by atoms with E-state index in [0.29, 0.717) is 52.1 Å². The Morgan fingerprint density at radius 3 is 2.67 bits per heavy atom. The predicted octanol–water partition coefficient (Wildman–Crippen LogP) is 4.38. The second-order valence-electron chi connectivity index (χ2n) is 7.45. The number of carbonyl (C=O) groups excluding carboxylic acids is 1. The van der Waals surface area contributed by atoms with E-state index in [9.17, 15) is 20.0 Å². The van der Waals surface area contributed by atoms with Gasteiger partial charge in [-0.3, -0.25) is 14.9 Å². The van der Waals surface area contributed by atoms with Crippen molar-refractivity contribution in [2.24, 2.45) is 0 Å². The number of hydrogen-bond donors (Lipinski definition) is 3. The van der Waals surface area contributed by atoms with Crippen molar-refractivity contribution >= 4 is 40.6 Å². The van der Waals surface area contributed by atoms with Gasteiger partial charge in [0.05, 0.1) is 16.6 Å². The topological polar surface area (TPSA) is 122 Å². The molecular weight excluding hydrogens is 469 g/mol. The molecule has 0 spiro atoms. The third kappa shape index (κ3) is 6.67. The Bertz CT molecular complexity index is 1130. The molecule has 1 aromatic carbocycles.